The smallest absolute Gasteiger partial charge is 0.157 e. The Morgan fingerprint density at radius 1 is 1.29 bits per heavy atom. The highest BCUT2D eigenvalue weighted by atomic mass is 32.2. The van der Waals surface area contributed by atoms with Gasteiger partial charge in [0.2, 0.25) is 0 Å². The van der Waals surface area contributed by atoms with Crippen LogP contribution < -0.4 is 10.2 Å². The van der Waals surface area contributed by atoms with Gasteiger partial charge in [-0.3, -0.25) is 0 Å². The number of hydrogen-bond donors (Lipinski definition) is 1. The first-order valence-corrected chi connectivity index (χ1v) is 7.13. The van der Waals surface area contributed by atoms with E-state index in [2.05, 4.69) is 5.48 Å². The van der Waals surface area contributed by atoms with E-state index in [1.807, 2.05) is 24.3 Å². The van der Waals surface area contributed by atoms with E-state index in [1.165, 1.54) is 0 Å². The summed E-state index contributed by atoms with van der Waals surface area (Å²) in [6.07, 6.45) is -0.192. The summed E-state index contributed by atoms with van der Waals surface area (Å²) in [6.45, 7) is 0.620. The van der Waals surface area contributed by atoms with Crippen molar-refractivity contribution >= 4 is 9.84 Å². The van der Waals surface area contributed by atoms with Gasteiger partial charge in [0.05, 0.1) is 18.6 Å². The van der Waals surface area contributed by atoms with Gasteiger partial charge in [0, 0.05) is 6.54 Å². The van der Waals surface area contributed by atoms with Gasteiger partial charge < -0.3 is 9.57 Å². The molecular formula is C11H15NO4S. The zero-order valence-corrected chi connectivity index (χ0v) is 10.4. The minimum Gasteiger partial charge on any atom is -0.488 e. The molecule has 0 unspecified atom stereocenters. The van der Waals surface area contributed by atoms with Crippen LogP contribution in [-0.4, -0.2) is 33.1 Å². The molecule has 1 aliphatic rings. The maximum Gasteiger partial charge on any atom is 0.157 e. The van der Waals surface area contributed by atoms with Crippen LogP contribution in [0.2, 0.25) is 0 Å². The molecule has 6 heteroatoms. The maximum absolute atomic E-state index is 11.0. The van der Waals surface area contributed by atoms with Gasteiger partial charge in [-0.2, -0.15) is 5.48 Å². The van der Waals surface area contributed by atoms with Gasteiger partial charge in [0.1, 0.15) is 11.9 Å². The highest BCUT2D eigenvalue weighted by Crippen LogP contribution is 2.20. The Morgan fingerprint density at radius 3 is 2.47 bits per heavy atom. The predicted molar refractivity (Wildman–Crippen MR) is 63.4 cm³/mol. The van der Waals surface area contributed by atoms with Crippen molar-refractivity contribution in [2.45, 2.75) is 12.6 Å². The quantitative estimate of drug-likeness (QED) is 0.779. The molecule has 5 nitrogen and oxygen atoms in total. The molecule has 1 saturated heterocycles. The molecule has 0 aromatic heterocycles. The van der Waals surface area contributed by atoms with E-state index in [1.54, 1.807) is 7.11 Å². The van der Waals surface area contributed by atoms with E-state index in [0.717, 1.165) is 5.56 Å². The summed E-state index contributed by atoms with van der Waals surface area (Å²) in [4.78, 5) is 4.74. The van der Waals surface area contributed by atoms with E-state index >= 15 is 0 Å². The van der Waals surface area contributed by atoms with E-state index in [9.17, 15) is 8.42 Å². The monoisotopic (exact) mass is 257 g/mol. The first kappa shape index (κ1) is 12.3. The van der Waals surface area contributed by atoms with Crippen molar-refractivity contribution in [1.29, 1.82) is 0 Å². The molecule has 0 amide bonds. The Morgan fingerprint density at radius 2 is 1.94 bits per heavy atom. The number of rotatable bonds is 5. The molecule has 17 heavy (non-hydrogen) atoms. The average molecular weight is 257 g/mol. The van der Waals surface area contributed by atoms with Crippen LogP contribution in [0.3, 0.4) is 0 Å². The van der Waals surface area contributed by atoms with Crippen molar-refractivity contribution in [1.82, 2.24) is 5.48 Å². The molecule has 0 radical (unpaired) electrons. The molecule has 2 rings (SSSR count). The molecule has 1 fully saturated rings. The predicted octanol–water partition coefficient (Wildman–Crippen LogP) is 0.513. The lowest BCUT2D eigenvalue weighted by Gasteiger charge is -2.26. The van der Waals surface area contributed by atoms with Gasteiger partial charge in [-0.15, -0.1) is 0 Å². The fraction of sp³-hybridized carbons (Fsp3) is 0.455. The summed E-state index contributed by atoms with van der Waals surface area (Å²) in [6, 6.07) is 7.48. The number of ether oxygens (including phenoxy) is 1. The molecule has 0 saturated carbocycles. The molecule has 1 aliphatic heterocycles. The third kappa shape index (κ3) is 3.42. The number of hydroxylamine groups is 1. The lowest BCUT2D eigenvalue weighted by molar-refractivity contribution is 0.0867. The van der Waals surface area contributed by atoms with Gasteiger partial charge in [0.25, 0.3) is 0 Å². The van der Waals surface area contributed by atoms with Crippen molar-refractivity contribution in [2.75, 3.05) is 18.6 Å². The molecular weight excluding hydrogens is 242 g/mol. The van der Waals surface area contributed by atoms with E-state index < -0.39 is 9.84 Å². The van der Waals surface area contributed by atoms with Crippen molar-refractivity contribution < 1.29 is 18.0 Å². The first-order valence-electron chi connectivity index (χ1n) is 5.31. The normalized spacial score (nSPS) is 18.6. The summed E-state index contributed by atoms with van der Waals surface area (Å²) in [5.74, 6) is 0.950. The summed E-state index contributed by atoms with van der Waals surface area (Å²) < 4.78 is 27.4. The largest absolute Gasteiger partial charge is 0.488 e. The van der Waals surface area contributed by atoms with E-state index in [4.69, 9.17) is 9.57 Å². The van der Waals surface area contributed by atoms with Crippen LogP contribution >= 0.6 is 0 Å². The Kier molecular flexibility index (Phi) is 3.66. The van der Waals surface area contributed by atoms with Crippen LogP contribution in [0, 0.1) is 0 Å². The van der Waals surface area contributed by atoms with Crippen molar-refractivity contribution in [3.8, 4) is 5.75 Å². The van der Waals surface area contributed by atoms with Gasteiger partial charge in [0.15, 0.2) is 9.84 Å². The molecule has 94 valence electrons. The van der Waals surface area contributed by atoms with Gasteiger partial charge in [-0.05, 0) is 17.7 Å². The Bertz CT molecular complexity index is 457. The third-order valence-corrected chi connectivity index (χ3v) is 4.29. The zero-order chi connectivity index (χ0) is 12.3. The van der Waals surface area contributed by atoms with Crippen LogP contribution in [0.1, 0.15) is 5.56 Å². The summed E-state index contributed by atoms with van der Waals surface area (Å²) in [7, 11) is -1.26. The van der Waals surface area contributed by atoms with Crippen LogP contribution in [0.15, 0.2) is 24.3 Å². The Hall–Kier alpha value is -1.11. The van der Waals surface area contributed by atoms with Crippen molar-refractivity contribution in [2.24, 2.45) is 0 Å². The third-order valence-electron chi connectivity index (χ3n) is 2.53. The zero-order valence-electron chi connectivity index (χ0n) is 9.55. The van der Waals surface area contributed by atoms with Crippen LogP contribution in [0.25, 0.3) is 0 Å². The van der Waals surface area contributed by atoms with Gasteiger partial charge in [-0.1, -0.05) is 12.1 Å². The van der Waals surface area contributed by atoms with Crippen LogP contribution in [0.5, 0.6) is 5.75 Å². The van der Waals surface area contributed by atoms with Gasteiger partial charge in [-0.25, -0.2) is 8.42 Å². The summed E-state index contributed by atoms with van der Waals surface area (Å²) in [5.41, 5.74) is 3.81. The van der Waals surface area contributed by atoms with E-state index in [-0.39, 0.29) is 17.6 Å². The molecule has 1 aromatic rings. The molecule has 1 heterocycles. The lowest BCUT2D eigenvalue weighted by Crippen LogP contribution is -2.45. The second kappa shape index (κ2) is 5.03. The Labute approximate surface area is 101 Å². The van der Waals surface area contributed by atoms with Crippen molar-refractivity contribution in [3.05, 3.63) is 29.8 Å². The maximum atomic E-state index is 11.0. The summed E-state index contributed by atoms with van der Waals surface area (Å²) >= 11 is 0. The molecule has 1 N–H and O–H groups in total. The number of benzene rings is 1. The highest BCUT2D eigenvalue weighted by molar-refractivity contribution is 7.92. The fourth-order valence-electron chi connectivity index (χ4n) is 1.62. The fourth-order valence-corrected chi connectivity index (χ4v) is 2.79. The average Bonchev–Trinajstić information content (AvgIpc) is 2.26. The lowest BCUT2D eigenvalue weighted by atomic mass is 10.2. The van der Waals surface area contributed by atoms with Gasteiger partial charge >= 0.3 is 0 Å². The molecule has 0 atom stereocenters. The second-order valence-corrected chi connectivity index (χ2v) is 6.14. The topological polar surface area (TPSA) is 64.6 Å². The number of sulfone groups is 1. The number of hydrogen-bond acceptors (Lipinski definition) is 5. The molecule has 0 bridgehead atoms. The Balaban J connectivity index is 1.86. The van der Waals surface area contributed by atoms with Crippen LogP contribution in [-0.2, 0) is 21.2 Å². The molecule has 1 aromatic carbocycles. The molecule has 0 aliphatic carbocycles. The minimum absolute atomic E-state index is 0.125. The highest BCUT2D eigenvalue weighted by Gasteiger charge is 2.35. The SMILES string of the molecule is CONCc1ccc(OC2CS(=O)(=O)C2)cc1. The second-order valence-electron chi connectivity index (χ2n) is 3.99. The standard InChI is InChI=1S/C11H15NO4S/c1-15-12-6-9-2-4-10(5-3-9)16-11-7-17(13,14)8-11/h2-5,11-12H,6-8H2,1H3. The van der Waals surface area contributed by atoms with Crippen LogP contribution in [0.4, 0.5) is 0 Å². The van der Waals surface area contributed by atoms with E-state index in [0.29, 0.717) is 12.3 Å². The minimum atomic E-state index is -2.82. The number of nitrogens with one attached hydrogen (secondary N) is 1. The van der Waals surface area contributed by atoms with Crippen molar-refractivity contribution in [3.63, 3.8) is 0 Å². The first-order chi connectivity index (χ1) is 8.09. The molecule has 0 spiro atoms. The summed E-state index contributed by atoms with van der Waals surface area (Å²) in [5, 5.41) is 0.